The van der Waals surface area contributed by atoms with Crippen LogP contribution in [0.25, 0.3) is 0 Å². The smallest absolute Gasteiger partial charge is 0.112 e. The Bertz CT molecular complexity index is 160. The number of nitrogens with two attached hydrogens (primary N) is 1. The minimum absolute atomic E-state index is 0.237. The molecule has 1 saturated heterocycles. The molecule has 2 nitrogen and oxygen atoms in total. The molecule has 2 heteroatoms. The molecule has 3 rings (SSSR count). The highest BCUT2D eigenvalue weighted by Crippen LogP contribution is 2.64. The molecule has 0 radical (unpaired) electrons. The van der Waals surface area contributed by atoms with Crippen molar-refractivity contribution in [1.29, 1.82) is 0 Å². The first-order chi connectivity index (χ1) is 4.34. The van der Waals surface area contributed by atoms with E-state index in [-0.39, 0.29) is 5.60 Å². The van der Waals surface area contributed by atoms with Crippen molar-refractivity contribution in [2.75, 3.05) is 6.61 Å². The van der Waals surface area contributed by atoms with Crippen molar-refractivity contribution in [3.05, 3.63) is 0 Å². The molecular weight excluding hydrogens is 114 g/mol. The quantitative estimate of drug-likeness (QED) is 0.505. The molecule has 3 aliphatic rings. The largest absolute Gasteiger partial charge is 0.368 e. The Labute approximate surface area is 54.4 Å². The Hall–Kier alpha value is -0.0800. The van der Waals surface area contributed by atoms with Gasteiger partial charge in [-0.1, -0.05) is 0 Å². The van der Waals surface area contributed by atoms with Crippen molar-refractivity contribution in [1.82, 2.24) is 0 Å². The van der Waals surface area contributed by atoms with Gasteiger partial charge in [-0.2, -0.15) is 0 Å². The molecule has 3 unspecified atom stereocenters. The monoisotopic (exact) mass is 125 g/mol. The molecule has 2 saturated carbocycles. The van der Waals surface area contributed by atoms with Crippen LogP contribution < -0.4 is 5.73 Å². The van der Waals surface area contributed by atoms with Gasteiger partial charge in [0.05, 0.1) is 6.61 Å². The van der Waals surface area contributed by atoms with E-state index in [2.05, 4.69) is 0 Å². The fourth-order valence-electron chi connectivity index (χ4n) is 2.09. The lowest BCUT2D eigenvalue weighted by Gasteiger charge is -1.83. The first-order valence-electron chi connectivity index (χ1n) is 3.74. The lowest BCUT2D eigenvalue weighted by atomic mass is 10.2. The van der Waals surface area contributed by atoms with Gasteiger partial charge in [0.1, 0.15) is 5.60 Å². The maximum absolute atomic E-state index is 5.82. The highest BCUT2D eigenvalue weighted by molar-refractivity contribution is 5.27. The summed E-state index contributed by atoms with van der Waals surface area (Å²) in [5.41, 5.74) is 6.06. The summed E-state index contributed by atoms with van der Waals surface area (Å²) < 4.78 is 5.31. The van der Waals surface area contributed by atoms with Crippen molar-refractivity contribution in [3.8, 4) is 0 Å². The maximum atomic E-state index is 5.82. The molecule has 3 atom stereocenters. The van der Waals surface area contributed by atoms with Crippen LogP contribution in [0, 0.1) is 11.8 Å². The van der Waals surface area contributed by atoms with Crippen LogP contribution in [0.5, 0.6) is 0 Å². The van der Waals surface area contributed by atoms with Gasteiger partial charge in [0, 0.05) is 12.0 Å². The minimum atomic E-state index is 0.237. The average molecular weight is 125 g/mol. The molecule has 0 amide bonds. The van der Waals surface area contributed by atoms with Gasteiger partial charge in [-0.25, -0.2) is 0 Å². The lowest BCUT2D eigenvalue weighted by molar-refractivity contribution is 0.371. The first-order valence-corrected chi connectivity index (χ1v) is 3.74. The van der Waals surface area contributed by atoms with Crippen molar-refractivity contribution < 1.29 is 4.74 Å². The lowest BCUT2D eigenvalue weighted by Crippen LogP contribution is -2.06. The Balaban J connectivity index is 1.82. The second kappa shape index (κ2) is 1.06. The molecule has 1 spiro atoms. The van der Waals surface area contributed by atoms with Crippen LogP contribution in [-0.2, 0) is 4.74 Å². The Morgan fingerprint density at radius 3 is 2.44 bits per heavy atom. The van der Waals surface area contributed by atoms with Gasteiger partial charge in [0.25, 0.3) is 0 Å². The van der Waals surface area contributed by atoms with Crippen LogP contribution in [0.15, 0.2) is 0 Å². The molecule has 2 aliphatic carbocycles. The summed E-state index contributed by atoms with van der Waals surface area (Å²) in [7, 11) is 0. The summed E-state index contributed by atoms with van der Waals surface area (Å²) in [5.74, 6) is 1.71. The van der Waals surface area contributed by atoms with Crippen molar-refractivity contribution in [2.45, 2.75) is 24.5 Å². The van der Waals surface area contributed by atoms with E-state index < -0.39 is 0 Å². The van der Waals surface area contributed by atoms with Crippen LogP contribution in [0.3, 0.4) is 0 Å². The molecule has 0 aromatic rings. The highest BCUT2D eigenvalue weighted by atomic mass is 16.6. The summed E-state index contributed by atoms with van der Waals surface area (Å²) in [6.45, 7) is 0.954. The van der Waals surface area contributed by atoms with E-state index in [1.54, 1.807) is 0 Å². The van der Waals surface area contributed by atoms with E-state index in [9.17, 15) is 0 Å². The van der Waals surface area contributed by atoms with Gasteiger partial charge in [-0.05, 0) is 18.8 Å². The number of hydrogen-bond acceptors (Lipinski definition) is 2. The van der Waals surface area contributed by atoms with Crippen LogP contribution in [0.2, 0.25) is 0 Å². The van der Waals surface area contributed by atoms with Crippen LogP contribution in [0.1, 0.15) is 12.8 Å². The van der Waals surface area contributed by atoms with E-state index in [0.29, 0.717) is 6.04 Å². The normalized spacial score (nSPS) is 62.3. The molecule has 0 bridgehead atoms. The number of hydrogen-bond donors (Lipinski definition) is 1. The van der Waals surface area contributed by atoms with Crippen LogP contribution in [-0.4, -0.2) is 18.2 Å². The zero-order valence-corrected chi connectivity index (χ0v) is 5.34. The highest BCUT2D eigenvalue weighted by Gasteiger charge is 2.76. The Morgan fingerprint density at radius 1 is 1.44 bits per heavy atom. The molecule has 1 heterocycles. The van der Waals surface area contributed by atoms with Gasteiger partial charge in [0.15, 0.2) is 0 Å². The minimum Gasteiger partial charge on any atom is -0.368 e. The molecule has 3 fully saturated rings. The fraction of sp³-hybridized carbons (Fsp3) is 1.00. The van der Waals surface area contributed by atoms with E-state index in [4.69, 9.17) is 10.5 Å². The molecule has 9 heavy (non-hydrogen) atoms. The second-order valence-corrected chi connectivity index (χ2v) is 3.63. The fourth-order valence-corrected chi connectivity index (χ4v) is 2.09. The summed E-state index contributed by atoms with van der Waals surface area (Å²) in [6.07, 6.45) is 2.81. The number of epoxide rings is 1. The Kier molecular flexibility index (Phi) is 0.552. The van der Waals surface area contributed by atoms with Gasteiger partial charge >= 0.3 is 0 Å². The number of ether oxygens (including phenoxy) is 1. The molecule has 0 aromatic heterocycles. The molecular formula is C7H11NO. The van der Waals surface area contributed by atoms with Crippen molar-refractivity contribution in [2.24, 2.45) is 17.6 Å². The third kappa shape index (κ3) is 0.413. The van der Waals surface area contributed by atoms with E-state index in [1.165, 1.54) is 12.8 Å². The third-order valence-corrected chi connectivity index (χ3v) is 3.01. The topological polar surface area (TPSA) is 38.5 Å². The predicted octanol–water partition coefficient (Wildman–Crippen LogP) is 0.122. The SMILES string of the molecule is NC1C(C2CC2)C12CO2. The summed E-state index contributed by atoms with van der Waals surface area (Å²) in [4.78, 5) is 0. The van der Waals surface area contributed by atoms with Crippen LogP contribution >= 0.6 is 0 Å². The summed E-state index contributed by atoms with van der Waals surface area (Å²) >= 11 is 0. The van der Waals surface area contributed by atoms with E-state index in [1.807, 2.05) is 0 Å². The third-order valence-electron chi connectivity index (χ3n) is 3.01. The second-order valence-electron chi connectivity index (χ2n) is 3.63. The van der Waals surface area contributed by atoms with Crippen molar-refractivity contribution in [3.63, 3.8) is 0 Å². The van der Waals surface area contributed by atoms with Gasteiger partial charge in [0.2, 0.25) is 0 Å². The Morgan fingerprint density at radius 2 is 2.11 bits per heavy atom. The zero-order chi connectivity index (χ0) is 6.06. The predicted molar refractivity (Wildman–Crippen MR) is 32.9 cm³/mol. The van der Waals surface area contributed by atoms with E-state index >= 15 is 0 Å². The standard InChI is InChI=1S/C7H11NO/c8-6-5(4-1-2-4)7(6)3-9-7/h4-6H,1-3,8H2. The number of rotatable bonds is 1. The summed E-state index contributed by atoms with van der Waals surface area (Å²) in [6, 6.07) is 0.407. The van der Waals surface area contributed by atoms with E-state index in [0.717, 1.165) is 18.4 Å². The summed E-state index contributed by atoms with van der Waals surface area (Å²) in [5, 5.41) is 0. The van der Waals surface area contributed by atoms with Crippen molar-refractivity contribution >= 4 is 0 Å². The van der Waals surface area contributed by atoms with Gasteiger partial charge in [-0.15, -0.1) is 0 Å². The average Bonchev–Trinajstić information content (AvgIpc) is 2.64. The maximum Gasteiger partial charge on any atom is 0.112 e. The van der Waals surface area contributed by atoms with Crippen LogP contribution in [0.4, 0.5) is 0 Å². The molecule has 2 N–H and O–H groups in total. The zero-order valence-electron chi connectivity index (χ0n) is 5.34. The molecule has 1 aliphatic heterocycles. The molecule has 50 valence electrons. The van der Waals surface area contributed by atoms with Gasteiger partial charge < -0.3 is 10.5 Å². The van der Waals surface area contributed by atoms with Gasteiger partial charge in [-0.3, -0.25) is 0 Å². The molecule has 0 aromatic carbocycles. The first kappa shape index (κ1) is 4.69.